The molecule has 4 nitrogen and oxygen atoms in total. The molecule has 0 spiro atoms. The third-order valence-electron chi connectivity index (χ3n) is 5.75. The molecule has 5 rings (SSSR count). The molecule has 3 aromatic rings. The first-order valence-electron chi connectivity index (χ1n) is 10.5. The standard InChI is InChI=1S/C24H24F2N4S.H2/c1-15-11-20-23(28-21-8-6-18(26)13-22(21)29-24(20)31-15)30-10-9-27-19(14-30)7-5-16-3-2-4-17(25)12-16;/h2-4,6,8,11-13,19,27,29H,5,7,9-10,14H2,1H3;1H/t19-;/m0./s1. The van der Waals surface area contributed by atoms with Crippen LogP contribution in [0.5, 0.6) is 0 Å². The van der Waals surface area contributed by atoms with Crippen LogP contribution in [0.1, 0.15) is 23.9 Å². The number of hydrogen-bond acceptors (Lipinski definition) is 5. The predicted octanol–water partition coefficient (Wildman–Crippen LogP) is 5.62. The number of aliphatic imine (C=N–C) groups is 1. The maximum Gasteiger partial charge on any atom is 0.139 e. The SMILES string of the molecule is Cc1cc2c(s1)Nc1cc(F)ccc1N=C2N1CCN[C@@H](CCc2cccc(F)c2)C1.[HH]. The predicted molar refractivity (Wildman–Crippen MR) is 125 cm³/mol. The Morgan fingerprint density at radius 2 is 2.03 bits per heavy atom. The Kier molecular flexibility index (Phi) is 5.46. The van der Waals surface area contributed by atoms with Crippen molar-refractivity contribution < 1.29 is 10.2 Å². The van der Waals surface area contributed by atoms with Gasteiger partial charge in [0.1, 0.15) is 22.5 Å². The number of benzene rings is 2. The lowest BCUT2D eigenvalue weighted by atomic mass is 10.0. The van der Waals surface area contributed by atoms with E-state index >= 15 is 0 Å². The van der Waals surface area contributed by atoms with E-state index in [1.54, 1.807) is 29.5 Å². The van der Waals surface area contributed by atoms with Crippen LogP contribution >= 0.6 is 11.3 Å². The molecule has 3 heterocycles. The number of thiophene rings is 1. The van der Waals surface area contributed by atoms with E-state index < -0.39 is 0 Å². The summed E-state index contributed by atoms with van der Waals surface area (Å²) in [6.45, 7) is 4.60. The summed E-state index contributed by atoms with van der Waals surface area (Å²) < 4.78 is 27.3. The summed E-state index contributed by atoms with van der Waals surface area (Å²) in [5.41, 5.74) is 3.51. The Hall–Kier alpha value is -2.77. The number of amidine groups is 1. The zero-order chi connectivity index (χ0) is 21.4. The minimum Gasteiger partial charge on any atom is -0.353 e. The molecule has 0 unspecified atom stereocenters. The van der Waals surface area contributed by atoms with Crippen LogP contribution in [0, 0.1) is 18.6 Å². The van der Waals surface area contributed by atoms with Gasteiger partial charge in [0, 0.05) is 32.0 Å². The molecule has 2 aromatic carbocycles. The zero-order valence-corrected chi connectivity index (χ0v) is 18.1. The van der Waals surface area contributed by atoms with Crippen LogP contribution in [0.2, 0.25) is 0 Å². The highest BCUT2D eigenvalue weighted by Gasteiger charge is 2.27. The molecule has 2 aliphatic heterocycles. The van der Waals surface area contributed by atoms with Gasteiger partial charge in [-0.05, 0) is 61.7 Å². The smallest absolute Gasteiger partial charge is 0.139 e. The van der Waals surface area contributed by atoms with Crippen LogP contribution < -0.4 is 10.6 Å². The van der Waals surface area contributed by atoms with Gasteiger partial charge in [-0.2, -0.15) is 0 Å². The third-order valence-corrected chi connectivity index (χ3v) is 6.72. The van der Waals surface area contributed by atoms with Gasteiger partial charge in [0.25, 0.3) is 0 Å². The van der Waals surface area contributed by atoms with E-state index in [0.29, 0.717) is 5.69 Å². The normalized spacial score (nSPS) is 18.0. The van der Waals surface area contributed by atoms with Crippen molar-refractivity contribution >= 4 is 33.5 Å². The number of halogens is 2. The van der Waals surface area contributed by atoms with E-state index in [2.05, 4.69) is 28.5 Å². The highest BCUT2D eigenvalue weighted by molar-refractivity contribution is 7.16. The summed E-state index contributed by atoms with van der Waals surface area (Å²) in [6.07, 6.45) is 1.74. The third kappa shape index (κ3) is 4.34. The van der Waals surface area contributed by atoms with Gasteiger partial charge in [0.15, 0.2) is 0 Å². The van der Waals surface area contributed by atoms with Crippen LogP contribution in [0.4, 0.5) is 25.2 Å². The van der Waals surface area contributed by atoms with Crippen molar-refractivity contribution in [3.05, 3.63) is 76.2 Å². The molecule has 0 radical (unpaired) electrons. The highest BCUT2D eigenvalue weighted by atomic mass is 32.1. The molecule has 2 aliphatic rings. The van der Waals surface area contributed by atoms with Crippen molar-refractivity contribution in [3.63, 3.8) is 0 Å². The van der Waals surface area contributed by atoms with Crippen molar-refractivity contribution in [2.45, 2.75) is 25.8 Å². The fraction of sp³-hybridized carbons (Fsp3) is 0.292. The number of nitrogens with one attached hydrogen (secondary N) is 2. The van der Waals surface area contributed by atoms with Crippen molar-refractivity contribution in [1.82, 2.24) is 10.2 Å². The number of piperazine rings is 1. The van der Waals surface area contributed by atoms with E-state index in [-0.39, 0.29) is 19.1 Å². The molecule has 0 amide bonds. The molecule has 0 aliphatic carbocycles. The lowest BCUT2D eigenvalue weighted by Crippen LogP contribution is -2.52. The molecule has 162 valence electrons. The fourth-order valence-corrected chi connectivity index (χ4v) is 5.18. The fourth-order valence-electron chi connectivity index (χ4n) is 4.26. The first-order valence-corrected chi connectivity index (χ1v) is 11.4. The Morgan fingerprint density at radius 3 is 2.90 bits per heavy atom. The summed E-state index contributed by atoms with van der Waals surface area (Å²) in [5.74, 6) is 0.459. The van der Waals surface area contributed by atoms with Crippen LogP contribution in [-0.2, 0) is 6.42 Å². The van der Waals surface area contributed by atoms with Crippen LogP contribution in [-0.4, -0.2) is 36.4 Å². The molecule has 1 atom stereocenters. The van der Waals surface area contributed by atoms with Crippen molar-refractivity contribution in [2.24, 2.45) is 4.99 Å². The summed E-state index contributed by atoms with van der Waals surface area (Å²) in [5, 5.41) is 7.97. The van der Waals surface area contributed by atoms with Crippen molar-refractivity contribution in [2.75, 3.05) is 25.0 Å². The number of fused-ring (bicyclic) bond motifs is 2. The Labute approximate surface area is 186 Å². The lowest BCUT2D eigenvalue weighted by molar-refractivity contribution is 0.282. The topological polar surface area (TPSA) is 39.7 Å². The Balaban J connectivity index is 0.00000245. The zero-order valence-electron chi connectivity index (χ0n) is 17.3. The van der Waals surface area contributed by atoms with E-state index in [9.17, 15) is 8.78 Å². The second kappa shape index (κ2) is 8.40. The van der Waals surface area contributed by atoms with Gasteiger partial charge >= 0.3 is 0 Å². The summed E-state index contributed by atoms with van der Waals surface area (Å²) in [7, 11) is 0. The van der Waals surface area contributed by atoms with Crippen molar-refractivity contribution in [3.8, 4) is 0 Å². The van der Waals surface area contributed by atoms with Crippen LogP contribution in [0.15, 0.2) is 53.5 Å². The number of aryl methyl sites for hydroxylation is 2. The second-order valence-corrected chi connectivity index (χ2v) is 9.34. The first-order chi connectivity index (χ1) is 15.0. The molecule has 0 saturated carbocycles. The summed E-state index contributed by atoms with van der Waals surface area (Å²) in [4.78, 5) is 8.47. The van der Waals surface area contributed by atoms with Crippen molar-refractivity contribution in [1.29, 1.82) is 0 Å². The molecular weight excluding hydrogens is 414 g/mol. The monoisotopic (exact) mass is 440 g/mol. The molecule has 1 saturated heterocycles. The quantitative estimate of drug-likeness (QED) is 0.555. The number of rotatable bonds is 3. The highest BCUT2D eigenvalue weighted by Crippen LogP contribution is 2.39. The Bertz CT molecular complexity index is 1150. The van der Waals surface area contributed by atoms with E-state index in [1.165, 1.54) is 23.1 Å². The van der Waals surface area contributed by atoms with Gasteiger partial charge < -0.3 is 15.5 Å². The average Bonchev–Trinajstić information content (AvgIpc) is 3.04. The van der Waals surface area contributed by atoms with E-state index in [0.717, 1.165) is 60.1 Å². The minimum atomic E-state index is -0.278. The van der Waals surface area contributed by atoms with E-state index in [1.807, 2.05) is 6.07 Å². The summed E-state index contributed by atoms with van der Waals surface area (Å²) >= 11 is 1.66. The number of nitrogens with zero attached hydrogens (tertiary/aromatic N) is 2. The average molecular weight is 441 g/mol. The van der Waals surface area contributed by atoms with Crippen LogP contribution in [0.25, 0.3) is 0 Å². The molecule has 0 bridgehead atoms. The van der Waals surface area contributed by atoms with Gasteiger partial charge in [0.05, 0.1) is 16.9 Å². The molecule has 2 N–H and O–H groups in total. The van der Waals surface area contributed by atoms with E-state index in [4.69, 9.17) is 4.99 Å². The lowest BCUT2D eigenvalue weighted by Gasteiger charge is -2.36. The largest absolute Gasteiger partial charge is 0.353 e. The Morgan fingerprint density at radius 1 is 1.16 bits per heavy atom. The molecule has 1 fully saturated rings. The number of hydrogen-bond donors (Lipinski definition) is 2. The van der Waals surface area contributed by atoms with Crippen LogP contribution in [0.3, 0.4) is 0 Å². The summed E-state index contributed by atoms with van der Waals surface area (Å²) in [6, 6.07) is 13.9. The van der Waals surface area contributed by atoms with Gasteiger partial charge in [-0.15, -0.1) is 11.3 Å². The van der Waals surface area contributed by atoms with Gasteiger partial charge in [-0.25, -0.2) is 13.8 Å². The maximum absolute atomic E-state index is 13.8. The molecular formula is C24H26F2N4S. The first kappa shape index (κ1) is 20.2. The molecule has 7 heteroatoms. The molecule has 1 aromatic heterocycles. The second-order valence-electron chi connectivity index (χ2n) is 8.09. The molecule has 31 heavy (non-hydrogen) atoms. The minimum absolute atomic E-state index is 0. The number of anilines is 2. The van der Waals surface area contributed by atoms with Gasteiger partial charge in [-0.1, -0.05) is 12.1 Å². The maximum atomic E-state index is 13.8. The van der Waals surface area contributed by atoms with Gasteiger partial charge in [-0.3, -0.25) is 0 Å². The van der Waals surface area contributed by atoms with Gasteiger partial charge in [0.2, 0.25) is 0 Å².